The van der Waals surface area contributed by atoms with E-state index in [0.29, 0.717) is 5.92 Å². The van der Waals surface area contributed by atoms with E-state index < -0.39 is 0 Å². The molecule has 0 spiro atoms. The van der Waals surface area contributed by atoms with Crippen LogP contribution in [0.1, 0.15) is 29.0 Å². The average molecular weight is 692 g/mol. The summed E-state index contributed by atoms with van der Waals surface area (Å²) in [7, 11) is 0. The predicted molar refractivity (Wildman–Crippen MR) is 226 cm³/mol. The van der Waals surface area contributed by atoms with Crippen molar-refractivity contribution in [3.63, 3.8) is 0 Å². The molecule has 0 N–H and O–H groups in total. The second-order valence-corrected chi connectivity index (χ2v) is 14.8. The van der Waals surface area contributed by atoms with Crippen LogP contribution in [0, 0.1) is 0 Å². The first-order chi connectivity index (χ1) is 26.8. The Hall–Kier alpha value is -6.64. The minimum atomic E-state index is 0.425. The first-order valence-corrected chi connectivity index (χ1v) is 19.1. The lowest BCUT2D eigenvalue weighted by Gasteiger charge is -2.20. The second-order valence-electron chi connectivity index (χ2n) is 14.8. The molecular weight excluding hydrogens is 655 g/mol. The maximum atomic E-state index is 6.54. The molecule has 0 bridgehead atoms. The van der Waals surface area contributed by atoms with E-state index >= 15 is 0 Å². The maximum absolute atomic E-state index is 6.54. The predicted octanol–water partition coefficient (Wildman–Crippen LogP) is 14.0. The molecular formula is C52H37NO. The van der Waals surface area contributed by atoms with Crippen LogP contribution in [0.5, 0.6) is 0 Å². The van der Waals surface area contributed by atoms with Crippen molar-refractivity contribution in [1.29, 1.82) is 0 Å². The summed E-state index contributed by atoms with van der Waals surface area (Å²) in [5.41, 5.74) is 17.3. The number of hydrogen-bond acceptors (Lipinski definition) is 1. The summed E-state index contributed by atoms with van der Waals surface area (Å²) in [6.07, 6.45) is 3.22. The normalized spacial score (nSPS) is 14.0. The Morgan fingerprint density at radius 1 is 0.481 bits per heavy atom. The molecule has 54 heavy (non-hydrogen) atoms. The van der Waals surface area contributed by atoms with E-state index in [4.69, 9.17) is 4.42 Å². The summed E-state index contributed by atoms with van der Waals surface area (Å²) < 4.78 is 8.92. The minimum Gasteiger partial charge on any atom is -0.454 e. The van der Waals surface area contributed by atoms with Crippen molar-refractivity contribution >= 4 is 43.7 Å². The second kappa shape index (κ2) is 12.5. The number of para-hydroxylation sites is 3. The van der Waals surface area contributed by atoms with Gasteiger partial charge in [-0.1, -0.05) is 146 Å². The summed E-state index contributed by atoms with van der Waals surface area (Å²) >= 11 is 0. The van der Waals surface area contributed by atoms with Crippen LogP contribution in [-0.4, -0.2) is 4.57 Å². The molecule has 0 fully saturated rings. The molecule has 0 radical (unpaired) electrons. The highest BCUT2D eigenvalue weighted by Gasteiger charge is 2.24. The van der Waals surface area contributed by atoms with Crippen molar-refractivity contribution in [2.45, 2.75) is 25.2 Å². The molecule has 0 saturated heterocycles. The molecule has 2 aromatic heterocycles. The van der Waals surface area contributed by atoms with Crippen LogP contribution < -0.4 is 0 Å². The molecule has 1 unspecified atom stereocenters. The zero-order chi connectivity index (χ0) is 35.6. The van der Waals surface area contributed by atoms with Crippen LogP contribution in [0.25, 0.3) is 82.8 Å². The van der Waals surface area contributed by atoms with Crippen molar-refractivity contribution in [3.8, 4) is 39.1 Å². The van der Waals surface area contributed by atoms with Gasteiger partial charge in [0.05, 0.1) is 16.7 Å². The molecule has 2 nitrogen and oxygen atoms in total. The van der Waals surface area contributed by atoms with Crippen LogP contribution in [0.4, 0.5) is 0 Å². The van der Waals surface area contributed by atoms with Gasteiger partial charge in [-0.25, -0.2) is 0 Å². The van der Waals surface area contributed by atoms with E-state index in [1.165, 1.54) is 71.9 Å². The van der Waals surface area contributed by atoms with Crippen LogP contribution in [0.15, 0.2) is 186 Å². The van der Waals surface area contributed by atoms with Gasteiger partial charge in [0.2, 0.25) is 0 Å². The third-order valence-electron chi connectivity index (χ3n) is 11.7. The Morgan fingerprint density at radius 3 is 2.13 bits per heavy atom. The maximum Gasteiger partial charge on any atom is 0.159 e. The van der Waals surface area contributed by atoms with Gasteiger partial charge < -0.3 is 8.98 Å². The van der Waals surface area contributed by atoms with Gasteiger partial charge in [0.1, 0.15) is 5.58 Å². The van der Waals surface area contributed by atoms with Gasteiger partial charge >= 0.3 is 0 Å². The van der Waals surface area contributed by atoms with Crippen molar-refractivity contribution < 1.29 is 4.42 Å². The lowest BCUT2D eigenvalue weighted by Crippen LogP contribution is -2.04. The molecule has 1 atom stereocenters. The van der Waals surface area contributed by atoms with E-state index in [1.54, 1.807) is 0 Å². The van der Waals surface area contributed by atoms with Gasteiger partial charge in [-0.2, -0.15) is 0 Å². The lowest BCUT2D eigenvalue weighted by molar-refractivity contribution is 0.629. The number of fused-ring (bicyclic) bond motifs is 9. The Kier molecular flexibility index (Phi) is 7.16. The van der Waals surface area contributed by atoms with E-state index in [1.807, 2.05) is 6.07 Å². The smallest absolute Gasteiger partial charge is 0.159 e. The molecule has 2 heterocycles. The SMILES string of the molecule is c1ccc(-c2cccc(CC3CCc4ccccc4-c4cc(-c5ccc6c(c5)c5ccccc5n6-c5cccc6c5oc5ccccc56)ccc43)c2)cc1. The lowest BCUT2D eigenvalue weighted by atomic mass is 9.84. The quantitative estimate of drug-likeness (QED) is 0.176. The van der Waals surface area contributed by atoms with E-state index in [0.717, 1.165) is 46.9 Å². The van der Waals surface area contributed by atoms with Crippen LogP contribution in [0.3, 0.4) is 0 Å². The number of hydrogen-bond donors (Lipinski definition) is 0. The molecule has 256 valence electrons. The van der Waals surface area contributed by atoms with Crippen LogP contribution >= 0.6 is 0 Å². The van der Waals surface area contributed by atoms with Crippen LogP contribution in [-0.2, 0) is 12.8 Å². The van der Waals surface area contributed by atoms with Crippen LogP contribution in [0.2, 0.25) is 0 Å². The fraction of sp³-hybridized carbons (Fsp3) is 0.0769. The molecule has 0 amide bonds. The Morgan fingerprint density at radius 2 is 1.19 bits per heavy atom. The highest BCUT2D eigenvalue weighted by molar-refractivity contribution is 6.13. The Bertz CT molecular complexity index is 3030. The summed E-state index contributed by atoms with van der Waals surface area (Å²) in [4.78, 5) is 0. The molecule has 1 aliphatic carbocycles. The molecule has 10 aromatic rings. The van der Waals surface area contributed by atoms with Crippen molar-refractivity contribution in [2.24, 2.45) is 0 Å². The van der Waals surface area contributed by atoms with E-state index in [-0.39, 0.29) is 0 Å². The zero-order valence-electron chi connectivity index (χ0n) is 29.9. The fourth-order valence-electron chi connectivity index (χ4n) is 9.14. The largest absolute Gasteiger partial charge is 0.454 e. The molecule has 8 aromatic carbocycles. The average Bonchev–Trinajstić information content (AvgIpc) is 3.73. The summed E-state index contributed by atoms with van der Waals surface area (Å²) in [6, 6.07) is 66.7. The van der Waals surface area contributed by atoms with Gasteiger partial charge in [-0.05, 0) is 112 Å². The molecule has 11 rings (SSSR count). The monoisotopic (exact) mass is 691 g/mol. The first-order valence-electron chi connectivity index (χ1n) is 19.1. The first kappa shape index (κ1) is 30.9. The number of rotatable bonds is 5. The Balaban J connectivity index is 1.03. The Labute approximate surface area is 314 Å². The molecule has 0 saturated carbocycles. The summed E-state index contributed by atoms with van der Waals surface area (Å²) in [5, 5.41) is 4.76. The summed E-state index contributed by atoms with van der Waals surface area (Å²) in [6.45, 7) is 0. The fourth-order valence-corrected chi connectivity index (χ4v) is 9.14. The highest BCUT2D eigenvalue weighted by atomic mass is 16.3. The van der Waals surface area contributed by atoms with Crippen molar-refractivity contribution in [1.82, 2.24) is 4.57 Å². The third-order valence-corrected chi connectivity index (χ3v) is 11.7. The standard InChI is InChI=1S/C52H37NO/c1-2-13-35(14-3-1)37-16-10-12-34(30-37)31-40-25-24-36-15-4-5-17-41(36)46-32-38(26-28-42(40)46)39-27-29-49-47(33-39)43-18-6-8-21-48(43)53(49)50-22-11-20-45-44-19-7-9-23-51(44)54-52(45)50/h1-23,26-30,32-33,40H,24-25,31H2. The number of aromatic nitrogens is 1. The summed E-state index contributed by atoms with van der Waals surface area (Å²) in [5.74, 6) is 0.425. The van der Waals surface area contributed by atoms with Gasteiger partial charge in [0, 0.05) is 21.5 Å². The van der Waals surface area contributed by atoms with Gasteiger partial charge in [-0.3, -0.25) is 0 Å². The van der Waals surface area contributed by atoms with Gasteiger partial charge in [0.25, 0.3) is 0 Å². The van der Waals surface area contributed by atoms with Crippen molar-refractivity contribution in [3.05, 3.63) is 199 Å². The topological polar surface area (TPSA) is 18.1 Å². The van der Waals surface area contributed by atoms with E-state index in [2.05, 4.69) is 180 Å². The van der Waals surface area contributed by atoms with Gasteiger partial charge in [0.15, 0.2) is 5.58 Å². The van der Waals surface area contributed by atoms with Gasteiger partial charge in [-0.15, -0.1) is 0 Å². The number of nitrogens with zero attached hydrogens (tertiary/aromatic N) is 1. The zero-order valence-corrected chi connectivity index (χ0v) is 29.9. The van der Waals surface area contributed by atoms with Crippen molar-refractivity contribution in [2.75, 3.05) is 0 Å². The molecule has 2 heteroatoms. The number of aryl methyl sites for hydroxylation is 1. The molecule has 0 aliphatic heterocycles. The third kappa shape index (κ3) is 5.02. The van der Waals surface area contributed by atoms with E-state index in [9.17, 15) is 0 Å². The molecule has 1 aliphatic rings. The number of furan rings is 1. The number of benzene rings is 8. The minimum absolute atomic E-state index is 0.425. The highest BCUT2D eigenvalue weighted by Crippen LogP contribution is 2.43.